The van der Waals surface area contributed by atoms with Crippen LogP contribution in [0.25, 0.3) is 22.3 Å². The molecule has 0 spiro atoms. The Kier molecular flexibility index (Phi) is 4.08. The van der Waals surface area contributed by atoms with Crippen molar-refractivity contribution in [3.8, 4) is 11.3 Å². The summed E-state index contributed by atoms with van der Waals surface area (Å²) in [6.07, 6.45) is 1.74. The molecule has 0 fully saturated rings. The lowest BCUT2D eigenvalue weighted by Crippen LogP contribution is -2.03. The van der Waals surface area contributed by atoms with E-state index < -0.39 is 0 Å². The number of aryl methyl sites for hydroxylation is 1. The largest absolute Gasteiger partial charge is 0.456 e. The second-order valence-electron chi connectivity index (χ2n) is 5.80. The fourth-order valence-corrected chi connectivity index (χ4v) is 2.80. The van der Waals surface area contributed by atoms with E-state index in [4.69, 9.17) is 21.0 Å². The third-order valence-electron chi connectivity index (χ3n) is 3.91. The van der Waals surface area contributed by atoms with Gasteiger partial charge in [0.15, 0.2) is 5.82 Å². The molecule has 0 aliphatic heterocycles. The summed E-state index contributed by atoms with van der Waals surface area (Å²) in [5.41, 5.74) is 2.89. The predicted octanol–water partition coefficient (Wildman–Crippen LogP) is 5.69. The summed E-state index contributed by atoms with van der Waals surface area (Å²) in [6.45, 7) is 2.05. The van der Waals surface area contributed by atoms with Crippen LogP contribution >= 0.6 is 11.6 Å². The van der Waals surface area contributed by atoms with Crippen LogP contribution in [0, 0.1) is 6.92 Å². The monoisotopic (exact) mass is 346 g/mol. The Bertz CT molecular complexity index is 1100. The van der Waals surface area contributed by atoms with Gasteiger partial charge >= 0.3 is 0 Å². The van der Waals surface area contributed by atoms with Crippen LogP contribution < -0.4 is 5.36 Å². The van der Waals surface area contributed by atoms with Gasteiger partial charge in [-0.3, -0.25) is 0 Å². The Morgan fingerprint density at radius 2 is 1.80 bits per heavy atom. The van der Waals surface area contributed by atoms with Crippen LogP contribution in [0.2, 0.25) is 5.02 Å². The van der Waals surface area contributed by atoms with Gasteiger partial charge in [-0.25, -0.2) is 9.98 Å². The third-order valence-corrected chi connectivity index (χ3v) is 4.16. The van der Waals surface area contributed by atoms with E-state index in [0.717, 1.165) is 33.2 Å². The first-order valence-electron chi connectivity index (χ1n) is 7.95. The number of benzene rings is 2. The van der Waals surface area contributed by atoms with Gasteiger partial charge in [-0.2, -0.15) is 0 Å². The van der Waals surface area contributed by atoms with Gasteiger partial charge in [-0.05, 0) is 55.5 Å². The average molecular weight is 347 g/mol. The van der Waals surface area contributed by atoms with Crippen molar-refractivity contribution in [3.05, 3.63) is 88.9 Å². The topological polar surface area (TPSA) is 38.4 Å². The molecule has 0 unspecified atom stereocenters. The van der Waals surface area contributed by atoms with Crippen molar-refractivity contribution >= 4 is 28.4 Å². The highest BCUT2D eigenvalue weighted by Crippen LogP contribution is 2.24. The zero-order valence-electron chi connectivity index (χ0n) is 13.6. The van der Waals surface area contributed by atoms with E-state index in [1.165, 1.54) is 0 Å². The van der Waals surface area contributed by atoms with Crippen LogP contribution in [0.1, 0.15) is 5.56 Å². The first kappa shape index (κ1) is 15.6. The van der Waals surface area contributed by atoms with Gasteiger partial charge in [-0.1, -0.05) is 29.3 Å². The number of fused-ring (bicyclic) bond motifs is 1. The molecule has 0 bridgehead atoms. The molecule has 122 valence electrons. The minimum Gasteiger partial charge on any atom is -0.456 e. The van der Waals surface area contributed by atoms with Crippen molar-refractivity contribution in [3.63, 3.8) is 0 Å². The van der Waals surface area contributed by atoms with Crippen LogP contribution in [-0.2, 0) is 0 Å². The number of hydrogen-bond acceptors (Lipinski definition) is 3. The Morgan fingerprint density at radius 3 is 2.56 bits per heavy atom. The molecule has 2 aromatic heterocycles. The van der Waals surface area contributed by atoms with E-state index >= 15 is 0 Å². The minimum atomic E-state index is 0.665. The van der Waals surface area contributed by atoms with E-state index in [9.17, 15) is 0 Å². The lowest BCUT2D eigenvalue weighted by molar-refractivity contribution is 0.618. The summed E-state index contributed by atoms with van der Waals surface area (Å²) < 4.78 is 6.10. The van der Waals surface area contributed by atoms with Crippen LogP contribution in [0.4, 0.5) is 5.82 Å². The number of aromatic nitrogens is 1. The lowest BCUT2D eigenvalue weighted by atomic mass is 10.1. The van der Waals surface area contributed by atoms with Crippen molar-refractivity contribution in [2.75, 3.05) is 0 Å². The zero-order valence-corrected chi connectivity index (χ0v) is 14.4. The van der Waals surface area contributed by atoms with E-state index in [2.05, 4.69) is 18.0 Å². The summed E-state index contributed by atoms with van der Waals surface area (Å²) in [5.74, 6) is 1.40. The number of halogens is 1. The molecule has 2 aromatic carbocycles. The second-order valence-corrected chi connectivity index (χ2v) is 6.24. The summed E-state index contributed by atoms with van der Waals surface area (Å²) in [7, 11) is 0. The SMILES string of the molecule is Cc1ccc2oc(-c3ccc(Cl)cc3)cc(=Nc3ccccn3)c2c1. The van der Waals surface area contributed by atoms with Gasteiger partial charge in [0.05, 0.1) is 5.36 Å². The van der Waals surface area contributed by atoms with Crippen molar-refractivity contribution in [2.45, 2.75) is 6.92 Å². The fraction of sp³-hybridized carbons (Fsp3) is 0.0476. The molecule has 4 aromatic rings. The molecule has 0 saturated heterocycles. The fourth-order valence-electron chi connectivity index (χ4n) is 2.68. The molecule has 2 heterocycles. The van der Waals surface area contributed by atoms with Gasteiger partial charge in [-0.15, -0.1) is 0 Å². The zero-order chi connectivity index (χ0) is 17.2. The van der Waals surface area contributed by atoms with Gasteiger partial charge < -0.3 is 4.42 Å². The average Bonchev–Trinajstić information content (AvgIpc) is 2.63. The highest BCUT2D eigenvalue weighted by molar-refractivity contribution is 6.30. The number of pyridine rings is 1. The van der Waals surface area contributed by atoms with Crippen molar-refractivity contribution < 1.29 is 4.42 Å². The molecule has 0 radical (unpaired) electrons. The molecule has 0 aliphatic rings. The van der Waals surface area contributed by atoms with Crippen molar-refractivity contribution in [1.29, 1.82) is 0 Å². The molecule has 0 aliphatic carbocycles. The molecule has 0 atom stereocenters. The number of rotatable bonds is 2. The third kappa shape index (κ3) is 3.32. The molecule has 0 saturated carbocycles. The minimum absolute atomic E-state index is 0.665. The molecule has 3 nitrogen and oxygen atoms in total. The van der Waals surface area contributed by atoms with Gasteiger partial charge in [0.1, 0.15) is 11.3 Å². The maximum absolute atomic E-state index is 6.10. The van der Waals surface area contributed by atoms with E-state index in [0.29, 0.717) is 10.8 Å². The summed E-state index contributed by atoms with van der Waals surface area (Å²) >= 11 is 5.99. The van der Waals surface area contributed by atoms with E-state index in [1.54, 1.807) is 6.20 Å². The Morgan fingerprint density at radius 1 is 0.960 bits per heavy atom. The quantitative estimate of drug-likeness (QED) is 0.467. The predicted molar refractivity (Wildman–Crippen MR) is 101 cm³/mol. The van der Waals surface area contributed by atoms with Gasteiger partial charge in [0.25, 0.3) is 0 Å². The van der Waals surface area contributed by atoms with Crippen LogP contribution in [0.3, 0.4) is 0 Å². The summed E-state index contributed by atoms with van der Waals surface area (Å²) in [6, 6.07) is 21.3. The summed E-state index contributed by atoms with van der Waals surface area (Å²) in [5, 5.41) is 2.48. The molecule has 25 heavy (non-hydrogen) atoms. The van der Waals surface area contributed by atoms with Crippen molar-refractivity contribution in [1.82, 2.24) is 4.98 Å². The molecule has 4 rings (SSSR count). The first-order chi connectivity index (χ1) is 12.2. The Hall–Kier alpha value is -2.91. The Balaban J connectivity index is 2.00. The second kappa shape index (κ2) is 6.54. The Labute approximate surface area is 150 Å². The molecule has 4 heteroatoms. The normalized spacial score (nSPS) is 11.8. The van der Waals surface area contributed by atoms with Crippen LogP contribution in [-0.4, -0.2) is 4.98 Å². The lowest BCUT2D eigenvalue weighted by Gasteiger charge is -2.06. The van der Waals surface area contributed by atoms with Crippen molar-refractivity contribution in [2.24, 2.45) is 4.99 Å². The standard InChI is InChI=1S/C21H15ClN2O/c1-14-5-10-19-17(12-14)18(24-21-4-2-3-11-23-21)13-20(25-19)15-6-8-16(22)9-7-15/h2-13H,1H3. The van der Waals surface area contributed by atoms with E-state index in [1.807, 2.05) is 60.7 Å². The highest BCUT2D eigenvalue weighted by atomic mass is 35.5. The summed E-state index contributed by atoms with van der Waals surface area (Å²) in [4.78, 5) is 9.02. The molecule has 0 N–H and O–H groups in total. The highest BCUT2D eigenvalue weighted by Gasteiger charge is 2.07. The molecular weight excluding hydrogens is 332 g/mol. The van der Waals surface area contributed by atoms with E-state index in [-0.39, 0.29) is 0 Å². The first-order valence-corrected chi connectivity index (χ1v) is 8.33. The maximum atomic E-state index is 6.10. The number of nitrogens with zero attached hydrogens (tertiary/aromatic N) is 2. The van der Waals surface area contributed by atoms with Gasteiger partial charge in [0, 0.05) is 28.2 Å². The van der Waals surface area contributed by atoms with Crippen LogP contribution in [0.5, 0.6) is 0 Å². The molecule has 0 amide bonds. The maximum Gasteiger partial charge on any atom is 0.152 e. The number of hydrogen-bond donors (Lipinski definition) is 0. The van der Waals surface area contributed by atoms with Gasteiger partial charge in [0.2, 0.25) is 0 Å². The smallest absolute Gasteiger partial charge is 0.152 e. The van der Waals surface area contributed by atoms with Crippen LogP contribution in [0.15, 0.2) is 82.3 Å². The molecular formula is C21H15ClN2O.